The van der Waals surface area contributed by atoms with Crippen molar-refractivity contribution in [2.75, 3.05) is 43.1 Å². The first-order valence-electron chi connectivity index (χ1n) is 7.02. The van der Waals surface area contributed by atoms with Gasteiger partial charge in [-0.2, -0.15) is 0 Å². The molecule has 110 valence electrons. The Morgan fingerprint density at radius 1 is 1.00 bits per heavy atom. The van der Waals surface area contributed by atoms with Crippen LogP contribution in [-0.2, 0) is 0 Å². The van der Waals surface area contributed by atoms with Crippen LogP contribution in [0.5, 0.6) is 5.75 Å². The van der Waals surface area contributed by atoms with E-state index in [0.29, 0.717) is 5.02 Å². The summed E-state index contributed by atoms with van der Waals surface area (Å²) in [6, 6.07) is 12.0. The predicted molar refractivity (Wildman–Crippen MR) is 86.7 cm³/mol. The van der Waals surface area contributed by atoms with Crippen molar-refractivity contribution < 1.29 is 4.74 Å². The van der Waals surface area contributed by atoms with Crippen LogP contribution in [0.3, 0.4) is 0 Å². The van der Waals surface area contributed by atoms with Crippen molar-refractivity contribution in [3.05, 3.63) is 47.6 Å². The maximum absolute atomic E-state index is 5.88. The molecule has 0 radical (unpaired) electrons. The highest BCUT2D eigenvalue weighted by atomic mass is 35.5. The largest absolute Gasteiger partial charge is 0.495 e. The fourth-order valence-corrected chi connectivity index (χ4v) is 2.73. The normalized spacial score (nSPS) is 15.1. The van der Waals surface area contributed by atoms with Crippen LogP contribution in [0.25, 0.3) is 0 Å². The van der Waals surface area contributed by atoms with Crippen molar-refractivity contribution in [3.8, 4) is 5.75 Å². The molecule has 0 bridgehead atoms. The van der Waals surface area contributed by atoms with E-state index >= 15 is 0 Å². The van der Waals surface area contributed by atoms with Gasteiger partial charge >= 0.3 is 0 Å². The van der Waals surface area contributed by atoms with Crippen LogP contribution < -0.4 is 14.5 Å². The molecule has 1 aromatic heterocycles. The number of piperazine rings is 1. The average molecular weight is 304 g/mol. The fourth-order valence-electron chi connectivity index (χ4n) is 2.62. The molecule has 3 rings (SSSR count). The van der Waals surface area contributed by atoms with E-state index in [1.54, 1.807) is 13.3 Å². The summed E-state index contributed by atoms with van der Waals surface area (Å²) in [7, 11) is 1.71. The zero-order chi connectivity index (χ0) is 14.7. The second-order valence-electron chi connectivity index (χ2n) is 4.98. The number of aromatic nitrogens is 1. The van der Waals surface area contributed by atoms with Gasteiger partial charge in [0, 0.05) is 32.4 Å². The minimum Gasteiger partial charge on any atom is -0.495 e. The maximum Gasteiger partial charge on any atom is 0.142 e. The third kappa shape index (κ3) is 3.05. The Kier molecular flexibility index (Phi) is 4.15. The molecule has 1 aliphatic rings. The molecule has 5 heteroatoms. The lowest BCUT2D eigenvalue weighted by molar-refractivity contribution is 0.413. The molecule has 1 fully saturated rings. The molecule has 2 aromatic rings. The van der Waals surface area contributed by atoms with E-state index in [1.165, 1.54) is 0 Å². The molecule has 0 atom stereocenters. The second kappa shape index (κ2) is 6.22. The molecule has 2 heterocycles. The summed E-state index contributed by atoms with van der Waals surface area (Å²) < 4.78 is 5.44. The Bertz CT molecular complexity index is 595. The van der Waals surface area contributed by atoms with Crippen LogP contribution in [0, 0.1) is 0 Å². The van der Waals surface area contributed by atoms with Crippen molar-refractivity contribution in [1.82, 2.24) is 4.98 Å². The molecule has 1 saturated heterocycles. The number of ether oxygens (including phenoxy) is 1. The van der Waals surface area contributed by atoms with Crippen LogP contribution in [0.15, 0.2) is 42.6 Å². The number of hydrogen-bond donors (Lipinski definition) is 0. The number of halogens is 1. The Hall–Kier alpha value is -1.94. The molecule has 0 spiro atoms. The lowest BCUT2D eigenvalue weighted by atomic mass is 10.2. The number of methoxy groups -OCH3 is 1. The van der Waals surface area contributed by atoms with E-state index in [2.05, 4.69) is 20.9 Å². The van der Waals surface area contributed by atoms with Gasteiger partial charge in [-0.1, -0.05) is 23.7 Å². The first-order chi connectivity index (χ1) is 10.3. The molecule has 1 aliphatic heterocycles. The first kappa shape index (κ1) is 14.0. The van der Waals surface area contributed by atoms with E-state index in [0.717, 1.165) is 43.4 Å². The van der Waals surface area contributed by atoms with Gasteiger partial charge in [0.05, 0.1) is 17.8 Å². The summed E-state index contributed by atoms with van der Waals surface area (Å²) in [5, 5.41) is 0.673. The molecule has 0 saturated carbocycles. The Balaban J connectivity index is 1.69. The van der Waals surface area contributed by atoms with Crippen molar-refractivity contribution in [3.63, 3.8) is 0 Å². The number of rotatable bonds is 3. The molecule has 0 aliphatic carbocycles. The zero-order valence-corrected chi connectivity index (χ0v) is 12.8. The van der Waals surface area contributed by atoms with E-state index in [-0.39, 0.29) is 0 Å². The lowest BCUT2D eigenvalue weighted by Crippen LogP contribution is -2.46. The van der Waals surface area contributed by atoms with Gasteiger partial charge in [0.25, 0.3) is 0 Å². The Morgan fingerprint density at radius 2 is 1.71 bits per heavy atom. The lowest BCUT2D eigenvalue weighted by Gasteiger charge is -2.37. The third-order valence-electron chi connectivity index (χ3n) is 3.74. The first-order valence-corrected chi connectivity index (χ1v) is 7.40. The summed E-state index contributed by atoms with van der Waals surface area (Å²) >= 11 is 5.88. The highest BCUT2D eigenvalue weighted by Gasteiger charge is 2.20. The molecule has 1 aromatic carbocycles. The van der Waals surface area contributed by atoms with Crippen LogP contribution in [0.2, 0.25) is 5.02 Å². The minimum atomic E-state index is 0.673. The SMILES string of the molecule is COc1ccccc1N1CCN(c2ccc(Cl)cn2)CC1. The van der Waals surface area contributed by atoms with E-state index in [4.69, 9.17) is 16.3 Å². The fraction of sp³-hybridized carbons (Fsp3) is 0.312. The Morgan fingerprint density at radius 3 is 2.38 bits per heavy atom. The molecular formula is C16H18ClN3O. The average Bonchev–Trinajstić information content (AvgIpc) is 2.56. The maximum atomic E-state index is 5.88. The summed E-state index contributed by atoms with van der Waals surface area (Å²) in [4.78, 5) is 9.02. The van der Waals surface area contributed by atoms with Crippen molar-refractivity contribution in [2.45, 2.75) is 0 Å². The molecule has 4 nitrogen and oxygen atoms in total. The summed E-state index contributed by atoms with van der Waals surface area (Å²) in [6.45, 7) is 3.77. The quantitative estimate of drug-likeness (QED) is 0.871. The summed E-state index contributed by atoms with van der Waals surface area (Å²) in [5.41, 5.74) is 1.16. The molecule has 0 N–H and O–H groups in total. The van der Waals surface area contributed by atoms with Crippen molar-refractivity contribution in [1.29, 1.82) is 0 Å². The number of pyridine rings is 1. The standard InChI is InChI=1S/C16H18ClN3O/c1-21-15-5-3-2-4-14(15)19-8-10-20(11-9-19)16-7-6-13(17)12-18-16/h2-7,12H,8-11H2,1H3. The number of benzene rings is 1. The van der Waals surface area contributed by atoms with Gasteiger partial charge in [-0.25, -0.2) is 4.98 Å². The van der Waals surface area contributed by atoms with Gasteiger partial charge in [-0.05, 0) is 24.3 Å². The van der Waals surface area contributed by atoms with E-state index < -0.39 is 0 Å². The number of hydrogen-bond acceptors (Lipinski definition) is 4. The van der Waals surface area contributed by atoms with Gasteiger partial charge in [0.1, 0.15) is 11.6 Å². The van der Waals surface area contributed by atoms with Crippen LogP contribution >= 0.6 is 11.6 Å². The van der Waals surface area contributed by atoms with Gasteiger partial charge in [0.2, 0.25) is 0 Å². The Labute approximate surface area is 129 Å². The number of para-hydroxylation sites is 2. The van der Waals surface area contributed by atoms with Crippen molar-refractivity contribution >= 4 is 23.1 Å². The number of nitrogens with zero attached hydrogens (tertiary/aromatic N) is 3. The van der Waals surface area contributed by atoms with Gasteiger partial charge in [-0.3, -0.25) is 0 Å². The van der Waals surface area contributed by atoms with Crippen molar-refractivity contribution in [2.24, 2.45) is 0 Å². The predicted octanol–water partition coefficient (Wildman–Crippen LogP) is 3.07. The molecular weight excluding hydrogens is 286 g/mol. The van der Waals surface area contributed by atoms with Gasteiger partial charge < -0.3 is 14.5 Å². The highest BCUT2D eigenvalue weighted by Crippen LogP contribution is 2.29. The highest BCUT2D eigenvalue weighted by molar-refractivity contribution is 6.30. The molecule has 0 amide bonds. The molecule has 0 unspecified atom stereocenters. The second-order valence-corrected chi connectivity index (χ2v) is 5.42. The van der Waals surface area contributed by atoms with Crippen LogP contribution in [0.4, 0.5) is 11.5 Å². The molecule has 21 heavy (non-hydrogen) atoms. The monoisotopic (exact) mass is 303 g/mol. The topological polar surface area (TPSA) is 28.6 Å². The smallest absolute Gasteiger partial charge is 0.142 e. The summed E-state index contributed by atoms with van der Waals surface area (Å²) in [6.07, 6.45) is 1.70. The van der Waals surface area contributed by atoms with Crippen LogP contribution in [-0.4, -0.2) is 38.3 Å². The number of anilines is 2. The van der Waals surface area contributed by atoms with E-state index in [1.807, 2.05) is 30.3 Å². The third-order valence-corrected chi connectivity index (χ3v) is 3.96. The van der Waals surface area contributed by atoms with Crippen LogP contribution in [0.1, 0.15) is 0 Å². The van der Waals surface area contributed by atoms with Gasteiger partial charge in [0.15, 0.2) is 0 Å². The van der Waals surface area contributed by atoms with E-state index in [9.17, 15) is 0 Å². The van der Waals surface area contributed by atoms with Gasteiger partial charge in [-0.15, -0.1) is 0 Å². The minimum absolute atomic E-state index is 0.673. The zero-order valence-electron chi connectivity index (χ0n) is 12.0. The summed E-state index contributed by atoms with van der Waals surface area (Å²) in [5.74, 6) is 1.91.